The smallest absolute Gasteiger partial charge is 0.187 e. The Morgan fingerprint density at radius 3 is 2.42 bits per heavy atom. The first kappa shape index (κ1) is 15.9. The van der Waals surface area contributed by atoms with Crippen molar-refractivity contribution >= 4 is 0 Å². The van der Waals surface area contributed by atoms with Gasteiger partial charge in [-0.15, -0.1) is 0 Å². The predicted octanol–water partition coefficient (Wildman–Crippen LogP) is 2.49. The van der Waals surface area contributed by atoms with Gasteiger partial charge in [0.1, 0.15) is 0 Å². The number of hydrogen-bond acceptors (Lipinski definition) is 3. The van der Waals surface area contributed by atoms with Crippen molar-refractivity contribution in [2.75, 3.05) is 20.1 Å². The zero-order valence-electron chi connectivity index (χ0n) is 11.7. The second-order valence-electron chi connectivity index (χ2n) is 4.82. The Bertz CT molecular complexity index is 389. The lowest BCUT2D eigenvalue weighted by molar-refractivity contribution is 0.251. The molecule has 0 spiro atoms. The van der Waals surface area contributed by atoms with E-state index in [9.17, 15) is 8.78 Å². The standard InChI is InChI=1S/C14H22F2N2O/c1-4-10(2)18(3)6-5-17-9-11-7-12(15)14(19)13(16)8-11/h7-8,10,17,19H,4-6,9H2,1-3H3. The molecule has 0 fully saturated rings. The van der Waals surface area contributed by atoms with Crippen LogP contribution in [0.15, 0.2) is 12.1 Å². The number of aromatic hydroxyl groups is 1. The van der Waals surface area contributed by atoms with Crippen molar-refractivity contribution < 1.29 is 13.9 Å². The lowest BCUT2D eigenvalue weighted by Gasteiger charge is -2.23. The fraction of sp³-hybridized carbons (Fsp3) is 0.571. The van der Waals surface area contributed by atoms with E-state index < -0.39 is 17.4 Å². The van der Waals surface area contributed by atoms with Crippen LogP contribution in [0.2, 0.25) is 0 Å². The van der Waals surface area contributed by atoms with Crippen LogP contribution < -0.4 is 5.32 Å². The van der Waals surface area contributed by atoms with Gasteiger partial charge in [0.2, 0.25) is 0 Å². The SMILES string of the molecule is CCC(C)N(C)CCNCc1cc(F)c(O)c(F)c1. The Morgan fingerprint density at radius 1 is 1.32 bits per heavy atom. The number of rotatable bonds is 7. The monoisotopic (exact) mass is 272 g/mol. The third kappa shape index (κ3) is 4.76. The van der Waals surface area contributed by atoms with Crippen LogP contribution >= 0.6 is 0 Å². The van der Waals surface area contributed by atoms with E-state index in [0.717, 1.165) is 31.6 Å². The number of hydrogen-bond donors (Lipinski definition) is 2. The number of likely N-dealkylation sites (N-methyl/N-ethyl adjacent to an activating group) is 1. The lowest BCUT2D eigenvalue weighted by atomic mass is 10.2. The highest BCUT2D eigenvalue weighted by Gasteiger charge is 2.09. The Balaban J connectivity index is 2.38. The van der Waals surface area contributed by atoms with Crippen molar-refractivity contribution in [1.29, 1.82) is 0 Å². The molecule has 0 saturated heterocycles. The summed E-state index contributed by atoms with van der Waals surface area (Å²) in [5.41, 5.74) is 0.485. The molecule has 0 heterocycles. The minimum absolute atomic E-state index is 0.377. The van der Waals surface area contributed by atoms with Gasteiger partial charge < -0.3 is 15.3 Å². The zero-order chi connectivity index (χ0) is 14.4. The predicted molar refractivity (Wildman–Crippen MR) is 72.1 cm³/mol. The Labute approximate surface area is 113 Å². The van der Waals surface area contributed by atoms with Gasteiger partial charge in [-0.1, -0.05) is 6.92 Å². The topological polar surface area (TPSA) is 35.5 Å². The van der Waals surface area contributed by atoms with E-state index in [4.69, 9.17) is 5.11 Å². The Morgan fingerprint density at radius 2 is 1.89 bits per heavy atom. The van der Waals surface area contributed by atoms with Crippen LogP contribution in [0, 0.1) is 11.6 Å². The molecule has 0 radical (unpaired) electrons. The van der Waals surface area contributed by atoms with Crippen LogP contribution in [-0.4, -0.2) is 36.2 Å². The molecule has 0 bridgehead atoms. The molecule has 1 aromatic carbocycles. The number of phenolic OH excluding ortho intramolecular Hbond substituents is 1. The highest BCUT2D eigenvalue weighted by molar-refractivity contribution is 5.29. The molecule has 0 aliphatic heterocycles. The average Bonchev–Trinajstić information content (AvgIpc) is 2.39. The zero-order valence-corrected chi connectivity index (χ0v) is 11.7. The molecule has 1 aromatic rings. The minimum atomic E-state index is -0.923. The van der Waals surface area contributed by atoms with Crippen molar-refractivity contribution in [3.63, 3.8) is 0 Å². The molecule has 0 aliphatic carbocycles. The molecule has 2 N–H and O–H groups in total. The van der Waals surface area contributed by atoms with Crippen molar-refractivity contribution in [2.24, 2.45) is 0 Å². The van der Waals surface area contributed by atoms with Gasteiger partial charge in [-0.05, 0) is 38.1 Å². The van der Waals surface area contributed by atoms with Crippen LogP contribution in [0.3, 0.4) is 0 Å². The summed E-state index contributed by atoms with van der Waals surface area (Å²) in [5.74, 6) is -2.76. The fourth-order valence-corrected chi connectivity index (χ4v) is 1.74. The molecule has 0 saturated carbocycles. The third-order valence-corrected chi connectivity index (χ3v) is 3.39. The first-order chi connectivity index (χ1) is 8.95. The first-order valence-electron chi connectivity index (χ1n) is 6.53. The Kier molecular flexibility index (Phi) is 6.18. The summed E-state index contributed by atoms with van der Waals surface area (Å²) in [5, 5.41) is 12.1. The summed E-state index contributed by atoms with van der Waals surface area (Å²) in [6, 6.07) is 2.80. The van der Waals surface area contributed by atoms with Gasteiger partial charge >= 0.3 is 0 Å². The number of phenols is 1. The molecule has 108 valence electrons. The highest BCUT2D eigenvalue weighted by Crippen LogP contribution is 2.21. The molecule has 3 nitrogen and oxygen atoms in total. The Hall–Kier alpha value is -1.20. The second-order valence-corrected chi connectivity index (χ2v) is 4.82. The number of benzene rings is 1. The molecule has 19 heavy (non-hydrogen) atoms. The van der Waals surface area contributed by atoms with Gasteiger partial charge in [-0.25, -0.2) is 8.78 Å². The molecule has 0 amide bonds. The van der Waals surface area contributed by atoms with Crippen molar-refractivity contribution in [3.8, 4) is 5.75 Å². The van der Waals surface area contributed by atoms with Crippen LogP contribution in [0.1, 0.15) is 25.8 Å². The van der Waals surface area contributed by atoms with Gasteiger partial charge in [-0.3, -0.25) is 0 Å². The molecule has 0 aromatic heterocycles. The lowest BCUT2D eigenvalue weighted by Crippen LogP contribution is -2.34. The second kappa shape index (κ2) is 7.40. The summed E-state index contributed by atoms with van der Waals surface area (Å²) in [6.45, 7) is 6.28. The van der Waals surface area contributed by atoms with Gasteiger partial charge in [0.15, 0.2) is 17.4 Å². The highest BCUT2D eigenvalue weighted by atomic mass is 19.1. The van der Waals surface area contributed by atoms with Crippen LogP contribution in [-0.2, 0) is 6.54 Å². The number of nitrogens with one attached hydrogen (secondary N) is 1. The molecular weight excluding hydrogens is 250 g/mol. The molecule has 1 unspecified atom stereocenters. The molecule has 5 heteroatoms. The summed E-state index contributed by atoms with van der Waals surface area (Å²) < 4.78 is 26.2. The minimum Gasteiger partial charge on any atom is -0.503 e. The van der Waals surface area contributed by atoms with E-state index >= 15 is 0 Å². The van der Waals surface area contributed by atoms with Gasteiger partial charge in [0.05, 0.1) is 0 Å². The molecule has 0 aliphatic rings. The van der Waals surface area contributed by atoms with E-state index in [1.165, 1.54) is 0 Å². The normalized spacial score (nSPS) is 12.9. The van der Waals surface area contributed by atoms with Crippen molar-refractivity contribution in [3.05, 3.63) is 29.3 Å². The van der Waals surface area contributed by atoms with E-state index in [-0.39, 0.29) is 0 Å². The maximum Gasteiger partial charge on any atom is 0.187 e. The quantitative estimate of drug-likeness (QED) is 0.749. The summed E-state index contributed by atoms with van der Waals surface area (Å²) in [6.07, 6.45) is 1.09. The fourth-order valence-electron chi connectivity index (χ4n) is 1.74. The van der Waals surface area contributed by atoms with Gasteiger partial charge in [0.25, 0.3) is 0 Å². The maximum atomic E-state index is 13.1. The van der Waals surface area contributed by atoms with Crippen molar-refractivity contribution in [2.45, 2.75) is 32.9 Å². The summed E-state index contributed by atoms with van der Waals surface area (Å²) >= 11 is 0. The first-order valence-corrected chi connectivity index (χ1v) is 6.53. The summed E-state index contributed by atoms with van der Waals surface area (Å²) in [7, 11) is 2.05. The van der Waals surface area contributed by atoms with E-state index in [1.54, 1.807) is 0 Å². The van der Waals surface area contributed by atoms with Crippen LogP contribution in [0.4, 0.5) is 8.78 Å². The molecule has 1 atom stereocenters. The summed E-state index contributed by atoms with van der Waals surface area (Å²) in [4.78, 5) is 2.23. The molecule has 1 rings (SSSR count). The van der Waals surface area contributed by atoms with E-state index in [0.29, 0.717) is 18.2 Å². The van der Waals surface area contributed by atoms with Crippen molar-refractivity contribution in [1.82, 2.24) is 10.2 Å². The van der Waals surface area contributed by atoms with Gasteiger partial charge in [-0.2, -0.15) is 0 Å². The number of halogens is 2. The van der Waals surface area contributed by atoms with E-state index in [2.05, 4.69) is 31.1 Å². The largest absolute Gasteiger partial charge is 0.503 e. The molecular formula is C14H22F2N2O. The number of nitrogens with zero attached hydrogens (tertiary/aromatic N) is 1. The third-order valence-electron chi connectivity index (χ3n) is 3.39. The van der Waals surface area contributed by atoms with Gasteiger partial charge in [0, 0.05) is 25.7 Å². The van der Waals surface area contributed by atoms with E-state index in [1.807, 2.05) is 0 Å². The average molecular weight is 272 g/mol. The maximum absolute atomic E-state index is 13.1. The van der Waals surface area contributed by atoms with Crippen LogP contribution in [0.25, 0.3) is 0 Å². The van der Waals surface area contributed by atoms with Crippen LogP contribution in [0.5, 0.6) is 5.75 Å².